The first-order valence-electron chi connectivity index (χ1n) is 16.6. The number of fused-ring (bicyclic) bond motifs is 2. The van der Waals surface area contributed by atoms with Crippen LogP contribution >= 0.6 is 0 Å². The molecule has 0 aliphatic carbocycles. The van der Waals surface area contributed by atoms with Gasteiger partial charge in [0.25, 0.3) is 0 Å². The van der Waals surface area contributed by atoms with Crippen molar-refractivity contribution in [1.82, 2.24) is 45.2 Å². The topological polar surface area (TPSA) is 156 Å². The first-order chi connectivity index (χ1) is 23.1. The molecule has 0 bridgehead atoms. The van der Waals surface area contributed by atoms with Gasteiger partial charge in [-0.05, 0) is 50.3 Å². The van der Waals surface area contributed by atoms with Crippen LogP contribution in [0, 0.1) is 19.8 Å². The molecule has 13 heteroatoms. The number of nitrogens with one attached hydrogen (secondary N) is 3. The van der Waals surface area contributed by atoms with E-state index < -0.39 is 12.1 Å². The van der Waals surface area contributed by atoms with Crippen molar-refractivity contribution in [3.8, 4) is 0 Å². The van der Waals surface area contributed by atoms with Crippen LogP contribution in [0.1, 0.15) is 62.2 Å². The van der Waals surface area contributed by atoms with Crippen LogP contribution in [0.5, 0.6) is 0 Å². The van der Waals surface area contributed by atoms with E-state index in [2.05, 4.69) is 31.0 Å². The molecule has 2 aromatic carbocycles. The zero-order valence-corrected chi connectivity index (χ0v) is 28.1. The zero-order chi connectivity index (χ0) is 34.2. The second kappa shape index (κ2) is 15.7. The Bertz CT molecular complexity index is 1750. The van der Waals surface area contributed by atoms with Crippen LogP contribution in [-0.2, 0) is 38.7 Å². The highest BCUT2D eigenvalue weighted by molar-refractivity contribution is 5.88. The molecule has 0 saturated heterocycles. The Kier molecular flexibility index (Phi) is 11.2. The van der Waals surface area contributed by atoms with E-state index >= 15 is 0 Å². The van der Waals surface area contributed by atoms with Gasteiger partial charge < -0.3 is 25.4 Å². The van der Waals surface area contributed by atoms with Crippen molar-refractivity contribution in [2.24, 2.45) is 5.92 Å². The summed E-state index contributed by atoms with van der Waals surface area (Å²) in [5, 5.41) is 13.4. The van der Waals surface area contributed by atoms with Crippen LogP contribution in [0.4, 0.5) is 0 Å². The molecule has 0 saturated carbocycles. The summed E-state index contributed by atoms with van der Waals surface area (Å²) in [5.74, 6) is 0.624. The van der Waals surface area contributed by atoms with Gasteiger partial charge in [0, 0.05) is 32.5 Å². The van der Waals surface area contributed by atoms with Gasteiger partial charge in [0.2, 0.25) is 23.6 Å². The fourth-order valence-electron chi connectivity index (χ4n) is 6.04. The van der Waals surface area contributed by atoms with Gasteiger partial charge in [-0.1, -0.05) is 56.3 Å². The van der Waals surface area contributed by atoms with Gasteiger partial charge in [-0.15, -0.1) is 0 Å². The molecule has 0 radical (unpaired) electrons. The largest absolute Gasteiger partial charge is 0.354 e. The predicted molar refractivity (Wildman–Crippen MR) is 180 cm³/mol. The summed E-state index contributed by atoms with van der Waals surface area (Å²) in [6, 6.07) is 15.8. The molecule has 1 aliphatic rings. The van der Waals surface area contributed by atoms with Crippen LogP contribution < -0.4 is 16.0 Å². The van der Waals surface area contributed by atoms with E-state index in [1.54, 1.807) is 11.8 Å². The molecule has 0 unspecified atom stereocenters. The van der Waals surface area contributed by atoms with E-state index in [0.717, 1.165) is 22.4 Å². The molecule has 48 heavy (non-hydrogen) atoms. The lowest BCUT2D eigenvalue weighted by atomic mass is 10.0. The molecule has 4 aromatic rings. The van der Waals surface area contributed by atoms with Crippen molar-refractivity contribution >= 4 is 34.7 Å². The van der Waals surface area contributed by atoms with Gasteiger partial charge in [-0.3, -0.25) is 19.2 Å². The van der Waals surface area contributed by atoms with Gasteiger partial charge in [-0.2, -0.15) is 5.10 Å². The van der Waals surface area contributed by atoms with E-state index in [1.165, 1.54) is 4.68 Å². The van der Waals surface area contributed by atoms with Gasteiger partial charge in [0.1, 0.15) is 30.8 Å². The minimum Gasteiger partial charge on any atom is -0.354 e. The third-order valence-corrected chi connectivity index (χ3v) is 8.53. The molecule has 0 fully saturated rings. The normalized spacial score (nSPS) is 18.9. The summed E-state index contributed by atoms with van der Waals surface area (Å²) >= 11 is 0. The fraction of sp³-hybridized carbons (Fsp3) is 0.457. The standard InChI is InChI=1S/C35H45N9O4/c1-23(2)33-34-37-24(3)41-44(34)21-31(46)36-17-11-19-42(32(47)22-43-25(4)38-27-14-8-9-15-29(27)43)18-10-16-30(45)39-28(35(48)40-33)20-26-12-6-5-7-13-26/h5-9,12-15,23,28,33H,10-11,16-22H2,1-4H3,(H,36,46)(H,39,45)(H,40,48)/t28-,33+/m1/s1. The number of hydrogen-bond donors (Lipinski definition) is 3. The van der Waals surface area contributed by atoms with Crippen molar-refractivity contribution in [3.63, 3.8) is 0 Å². The van der Waals surface area contributed by atoms with Crippen LogP contribution in [0.15, 0.2) is 54.6 Å². The summed E-state index contributed by atoms with van der Waals surface area (Å²) in [6.07, 6.45) is 1.36. The molecule has 1 aliphatic heterocycles. The minimum atomic E-state index is -0.851. The number of para-hydroxylation sites is 2. The Balaban J connectivity index is 1.38. The Labute approximate surface area is 280 Å². The molecule has 2 atom stereocenters. The van der Waals surface area contributed by atoms with Gasteiger partial charge in [0.05, 0.1) is 17.1 Å². The minimum absolute atomic E-state index is 0.0743. The number of rotatable bonds is 5. The number of nitrogens with zero attached hydrogens (tertiary/aromatic N) is 6. The van der Waals surface area contributed by atoms with Crippen LogP contribution in [0.3, 0.4) is 0 Å². The average Bonchev–Trinajstić information content (AvgIpc) is 3.57. The number of amides is 4. The number of aryl methyl sites for hydroxylation is 2. The third-order valence-electron chi connectivity index (χ3n) is 8.53. The summed E-state index contributed by atoms with van der Waals surface area (Å²) in [7, 11) is 0. The summed E-state index contributed by atoms with van der Waals surface area (Å²) in [5.41, 5.74) is 2.60. The lowest BCUT2D eigenvalue weighted by molar-refractivity contribution is -0.132. The second-order valence-electron chi connectivity index (χ2n) is 12.6. The van der Waals surface area contributed by atoms with Crippen LogP contribution in [0.25, 0.3) is 11.0 Å². The number of imidazole rings is 1. The molecule has 3 heterocycles. The molecular weight excluding hydrogens is 610 g/mol. The number of hydrogen-bond acceptors (Lipinski definition) is 7. The van der Waals surface area contributed by atoms with Crippen molar-refractivity contribution < 1.29 is 19.2 Å². The van der Waals surface area contributed by atoms with E-state index in [4.69, 9.17) is 0 Å². The highest BCUT2D eigenvalue weighted by Crippen LogP contribution is 2.21. The van der Waals surface area contributed by atoms with E-state index in [9.17, 15) is 19.2 Å². The van der Waals surface area contributed by atoms with Crippen LogP contribution in [0.2, 0.25) is 0 Å². The fourth-order valence-corrected chi connectivity index (χ4v) is 6.04. The summed E-state index contributed by atoms with van der Waals surface area (Å²) < 4.78 is 3.42. The quantitative estimate of drug-likeness (QED) is 0.299. The molecule has 3 N–H and O–H groups in total. The van der Waals surface area contributed by atoms with Crippen LogP contribution in [-0.4, -0.2) is 78.5 Å². The molecular formula is C35H45N9O4. The molecule has 13 nitrogen and oxygen atoms in total. The van der Waals surface area contributed by atoms with E-state index in [0.29, 0.717) is 50.5 Å². The van der Waals surface area contributed by atoms with Gasteiger partial charge >= 0.3 is 0 Å². The first-order valence-corrected chi connectivity index (χ1v) is 16.6. The van der Waals surface area contributed by atoms with Crippen molar-refractivity contribution in [3.05, 3.63) is 77.6 Å². The Hall–Kier alpha value is -5.07. The van der Waals surface area contributed by atoms with Crippen molar-refractivity contribution in [2.75, 3.05) is 19.6 Å². The summed E-state index contributed by atoms with van der Waals surface area (Å²) in [6.45, 7) is 8.66. The van der Waals surface area contributed by atoms with Crippen molar-refractivity contribution in [1.29, 1.82) is 0 Å². The Morgan fingerprint density at radius 1 is 0.917 bits per heavy atom. The maximum absolute atomic E-state index is 13.8. The van der Waals surface area contributed by atoms with Gasteiger partial charge in [-0.25, -0.2) is 14.6 Å². The third kappa shape index (κ3) is 8.64. The SMILES string of the molecule is Cc1nc2n(n1)CC(=O)NCCCN(C(=O)Cn1c(C)nc3ccccc31)CCCC(=O)N[C@H](Cc1ccccc1)C(=O)N[C@H]2C(C)C. The molecule has 4 amide bonds. The molecule has 2 aromatic heterocycles. The highest BCUT2D eigenvalue weighted by atomic mass is 16.2. The van der Waals surface area contributed by atoms with Gasteiger partial charge in [0.15, 0.2) is 5.82 Å². The second-order valence-corrected chi connectivity index (χ2v) is 12.6. The number of aromatic nitrogens is 5. The maximum atomic E-state index is 13.8. The number of carbonyl (C=O) groups excluding carboxylic acids is 4. The molecule has 254 valence electrons. The average molecular weight is 656 g/mol. The van der Waals surface area contributed by atoms with Crippen molar-refractivity contribution in [2.45, 2.75) is 78.6 Å². The number of benzene rings is 2. The zero-order valence-electron chi connectivity index (χ0n) is 28.1. The molecule has 5 rings (SSSR count). The first kappa shape index (κ1) is 34.3. The molecule has 0 spiro atoms. The monoisotopic (exact) mass is 655 g/mol. The lowest BCUT2D eigenvalue weighted by Gasteiger charge is -2.26. The highest BCUT2D eigenvalue weighted by Gasteiger charge is 2.30. The Morgan fingerprint density at radius 2 is 1.65 bits per heavy atom. The summed E-state index contributed by atoms with van der Waals surface area (Å²) in [4.78, 5) is 64.8. The lowest BCUT2D eigenvalue weighted by Crippen LogP contribution is -2.50. The maximum Gasteiger partial charge on any atom is 0.243 e. The predicted octanol–water partition coefficient (Wildman–Crippen LogP) is 2.61. The van der Waals surface area contributed by atoms with E-state index in [-0.39, 0.29) is 49.1 Å². The smallest absolute Gasteiger partial charge is 0.243 e. The van der Waals surface area contributed by atoms with E-state index in [1.807, 2.05) is 79.9 Å². The Morgan fingerprint density at radius 3 is 2.42 bits per heavy atom. The number of carbonyl (C=O) groups is 4.